The lowest BCUT2D eigenvalue weighted by molar-refractivity contribution is 0.457. The van der Waals surface area contributed by atoms with Crippen molar-refractivity contribution in [3.63, 3.8) is 0 Å². The van der Waals surface area contributed by atoms with Crippen LogP contribution in [0.2, 0.25) is 0 Å². The Morgan fingerprint density at radius 1 is 0.828 bits per heavy atom. The molecule has 29 heavy (non-hydrogen) atoms. The lowest BCUT2D eigenvalue weighted by Gasteiger charge is -2.21. The third kappa shape index (κ3) is 7.58. The molecule has 0 saturated carbocycles. The molecule has 3 N–H and O–H groups in total. The van der Waals surface area contributed by atoms with Crippen molar-refractivity contribution in [2.24, 2.45) is 10.2 Å². The van der Waals surface area contributed by atoms with Crippen LogP contribution in [0.15, 0.2) is 34.5 Å². The van der Waals surface area contributed by atoms with Gasteiger partial charge in [0.05, 0.1) is 5.71 Å². The summed E-state index contributed by atoms with van der Waals surface area (Å²) in [5.74, 6) is 0. The summed E-state index contributed by atoms with van der Waals surface area (Å²) < 4.78 is 0. The van der Waals surface area contributed by atoms with E-state index in [0.29, 0.717) is 21.6 Å². The van der Waals surface area contributed by atoms with Gasteiger partial charge in [0.15, 0.2) is 10.2 Å². The molecule has 0 aliphatic rings. The van der Waals surface area contributed by atoms with Crippen molar-refractivity contribution in [3.05, 3.63) is 29.8 Å². The molecule has 0 bridgehead atoms. The van der Waals surface area contributed by atoms with E-state index in [-0.39, 0.29) is 0 Å². The lowest BCUT2D eigenvalue weighted by Crippen LogP contribution is -2.39. The van der Waals surface area contributed by atoms with Crippen LogP contribution in [0.5, 0.6) is 0 Å². The van der Waals surface area contributed by atoms with Gasteiger partial charge in [-0.3, -0.25) is 10.9 Å². The quantitative estimate of drug-likeness (QED) is 0.313. The zero-order valence-electron chi connectivity index (χ0n) is 18.2. The van der Waals surface area contributed by atoms with Crippen molar-refractivity contribution < 1.29 is 0 Å². The minimum Gasteiger partial charge on any atom is -0.388 e. The number of benzene rings is 1. The number of nitrogens with one attached hydrogen (secondary N) is 3. The fourth-order valence-corrected chi connectivity index (χ4v) is 3.21. The predicted molar refractivity (Wildman–Crippen MR) is 133 cm³/mol. The van der Waals surface area contributed by atoms with Crippen LogP contribution in [-0.4, -0.2) is 64.7 Å². The van der Waals surface area contributed by atoms with Gasteiger partial charge in [-0.2, -0.15) is 10.2 Å². The number of hydrogen-bond donors (Lipinski definition) is 3. The lowest BCUT2D eigenvalue weighted by atomic mass is 10.1. The largest absolute Gasteiger partial charge is 0.388 e. The van der Waals surface area contributed by atoms with Gasteiger partial charge in [0.25, 0.3) is 0 Å². The van der Waals surface area contributed by atoms with E-state index in [4.69, 9.17) is 24.4 Å². The molecule has 0 saturated heterocycles. The average Bonchev–Trinajstić information content (AvgIpc) is 2.74. The Kier molecular flexibility index (Phi) is 11.2. The molecule has 1 aromatic rings. The van der Waals surface area contributed by atoms with E-state index in [1.807, 2.05) is 48.0 Å². The third-order valence-corrected chi connectivity index (χ3v) is 5.17. The van der Waals surface area contributed by atoms with Crippen LogP contribution in [0, 0.1) is 0 Å². The number of thiocarbonyl (C=S) groups is 2. The van der Waals surface area contributed by atoms with Gasteiger partial charge in [0.1, 0.15) is 5.71 Å². The Morgan fingerprint density at radius 2 is 1.28 bits per heavy atom. The van der Waals surface area contributed by atoms with Gasteiger partial charge in [-0.05, 0) is 71.2 Å². The Hall–Kier alpha value is -2.26. The van der Waals surface area contributed by atoms with Crippen LogP contribution < -0.4 is 16.2 Å². The SMILES string of the molecule is CCN(CC)C(=S)NN=C(C)C(=NNC(=S)N(CC)CC)c1ccc(NC)cc1. The van der Waals surface area contributed by atoms with Gasteiger partial charge in [-0.15, -0.1) is 0 Å². The molecule has 0 radical (unpaired) electrons. The molecule has 0 spiro atoms. The van der Waals surface area contributed by atoms with Crippen molar-refractivity contribution in [1.82, 2.24) is 20.7 Å². The first-order valence-corrected chi connectivity index (χ1v) is 10.7. The third-order valence-electron chi connectivity index (χ3n) is 4.47. The first-order chi connectivity index (χ1) is 13.9. The fourth-order valence-electron chi connectivity index (χ4n) is 2.60. The summed E-state index contributed by atoms with van der Waals surface area (Å²) in [6, 6.07) is 7.98. The Morgan fingerprint density at radius 3 is 1.69 bits per heavy atom. The second-order valence-corrected chi connectivity index (χ2v) is 6.94. The fraction of sp³-hybridized carbons (Fsp3) is 0.500. The maximum Gasteiger partial charge on any atom is 0.189 e. The van der Waals surface area contributed by atoms with Crippen molar-refractivity contribution in [3.8, 4) is 0 Å². The maximum atomic E-state index is 5.45. The van der Waals surface area contributed by atoms with Crippen LogP contribution in [0.3, 0.4) is 0 Å². The standard InChI is InChI=1S/C20H33N7S2/c1-7-26(8-2)19(28)24-22-15(5)18(16-11-13-17(21-6)14-12-16)23-25-20(29)27(9-3)10-4/h11-14,21H,7-10H2,1-6H3,(H,24,28)(H,25,29). The summed E-state index contributed by atoms with van der Waals surface area (Å²) >= 11 is 10.9. The van der Waals surface area contributed by atoms with Crippen LogP contribution in [0.25, 0.3) is 0 Å². The van der Waals surface area contributed by atoms with Crippen molar-refractivity contribution in [1.29, 1.82) is 0 Å². The Labute approximate surface area is 185 Å². The normalized spacial score (nSPS) is 11.7. The van der Waals surface area contributed by atoms with E-state index in [0.717, 1.165) is 37.4 Å². The highest BCUT2D eigenvalue weighted by Gasteiger charge is 2.11. The number of hydrogen-bond acceptors (Lipinski definition) is 5. The molecule has 0 fully saturated rings. The number of nitrogens with zero attached hydrogens (tertiary/aromatic N) is 4. The first-order valence-electron chi connectivity index (χ1n) is 9.91. The van der Waals surface area contributed by atoms with Crippen LogP contribution >= 0.6 is 24.4 Å². The molecule has 9 heteroatoms. The van der Waals surface area contributed by atoms with Crippen LogP contribution in [-0.2, 0) is 0 Å². The minimum absolute atomic E-state index is 0.582. The highest BCUT2D eigenvalue weighted by atomic mass is 32.1. The molecule has 0 aliphatic heterocycles. The molecule has 0 atom stereocenters. The number of hydrazone groups is 2. The minimum atomic E-state index is 0.582. The van der Waals surface area contributed by atoms with Gasteiger partial charge >= 0.3 is 0 Å². The second-order valence-electron chi connectivity index (χ2n) is 6.16. The second kappa shape index (κ2) is 13.1. The van der Waals surface area contributed by atoms with Crippen LogP contribution in [0.4, 0.5) is 5.69 Å². The molecule has 0 amide bonds. The molecule has 1 rings (SSSR count). The summed E-state index contributed by atoms with van der Waals surface area (Å²) in [7, 11) is 1.89. The van der Waals surface area contributed by atoms with E-state index in [9.17, 15) is 0 Å². The molecule has 0 unspecified atom stereocenters. The summed E-state index contributed by atoms with van der Waals surface area (Å²) in [5.41, 5.74) is 9.32. The maximum absolute atomic E-state index is 5.45. The van der Waals surface area contributed by atoms with Crippen molar-refractivity contribution >= 4 is 51.8 Å². The predicted octanol–water partition coefficient (Wildman–Crippen LogP) is 3.24. The zero-order valence-corrected chi connectivity index (χ0v) is 19.9. The molecule has 160 valence electrons. The summed E-state index contributed by atoms with van der Waals surface area (Å²) in [5, 5.41) is 13.3. The van der Waals surface area contributed by atoms with Gasteiger partial charge < -0.3 is 15.1 Å². The van der Waals surface area contributed by atoms with E-state index in [2.05, 4.69) is 54.1 Å². The van der Waals surface area contributed by atoms with Crippen LogP contribution in [0.1, 0.15) is 40.2 Å². The smallest absolute Gasteiger partial charge is 0.189 e. The number of anilines is 1. The highest BCUT2D eigenvalue weighted by molar-refractivity contribution is 7.80. The molecule has 0 heterocycles. The van der Waals surface area contributed by atoms with Crippen molar-refractivity contribution in [2.45, 2.75) is 34.6 Å². The van der Waals surface area contributed by atoms with Gasteiger partial charge in [-0.25, -0.2) is 0 Å². The van der Waals surface area contributed by atoms with E-state index in [1.54, 1.807) is 0 Å². The van der Waals surface area contributed by atoms with E-state index in [1.165, 1.54) is 0 Å². The monoisotopic (exact) mass is 435 g/mol. The van der Waals surface area contributed by atoms with Crippen molar-refractivity contribution in [2.75, 3.05) is 38.5 Å². The summed E-state index contributed by atoms with van der Waals surface area (Å²) in [4.78, 5) is 4.05. The summed E-state index contributed by atoms with van der Waals surface area (Å²) in [6.45, 7) is 13.4. The highest BCUT2D eigenvalue weighted by Crippen LogP contribution is 2.10. The molecular weight excluding hydrogens is 402 g/mol. The summed E-state index contributed by atoms with van der Waals surface area (Å²) in [6.07, 6.45) is 0. The first kappa shape index (κ1) is 24.8. The molecule has 0 aromatic heterocycles. The molecule has 1 aromatic carbocycles. The van der Waals surface area contributed by atoms with Gasteiger partial charge in [0.2, 0.25) is 0 Å². The van der Waals surface area contributed by atoms with E-state index < -0.39 is 0 Å². The Balaban J connectivity index is 3.14. The Bertz CT molecular complexity index is 721. The van der Waals surface area contributed by atoms with E-state index >= 15 is 0 Å². The topological polar surface area (TPSA) is 67.3 Å². The van der Waals surface area contributed by atoms with Gasteiger partial charge in [-0.1, -0.05) is 12.1 Å². The van der Waals surface area contributed by atoms with Gasteiger partial charge in [0, 0.05) is 44.5 Å². The zero-order chi connectivity index (χ0) is 21.8. The number of rotatable bonds is 9. The molecular formula is C20H33N7S2. The molecule has 7 nitrogen and oxygen atoms in total. The average molecular weight is 436 g/mol. The molecule has 0 aliphatic carbocycles.